The number of hydrogen-bond donors (Lipinski definition) is 0. The van der Waals surface area contributed by atoms with Crippen LogP contribution in [0.3, 0.4) is 0 Å². The lowest BCUT2D eigenvalue weighted by Crippen LogP contribution is -2.48. The second kappa shape index (κ2) is 8.64. The fourth-order valence-corrected chi connectivity index (χ4v) is 4.85. The van der Waals surface area contributed by atoms with E-state index in [-0.39, 0.29) is 17.4 Å². The van der Waals surface area contributed by atoms with Crippen LogP contribution in [0.5, 0.6) is 0 Å². The Bertz CT molecular complexity index is 714. The Kier molecular flexibility index (Phi) is 6.43. The molecule has 3 rings (SSSR count). The van der Waals surface area contributed by atoms with Gasteiger partial charge in [0.2, 0.25) is 11.8 Å². The van der Waals surface area contributed by atoms with E-state index in [0.29, 0.717) is 12.8 Å². The molecular weight excluding hydrogens is 354 g/mol. The summed E-state index contributed by atoms with van der Waals surface area (Å²) in [4.78, 5) is 31.0. The van der Waals surface area contributed by atoms with Crippen molar-refractivity contribution >= 4 is 11.8 Å². The largest absolute Gasteiger partial charge is 0.349 e. The third-order valence-electron chi connectivity index (χ3n) is 6.44. The van der Waals surface area contributed by atoms with Crippen molar-refractivity contribution in [2.45, 2.75) is 64.0 Å². The third-order valence-corrected chi connectivity index (χ3v) is 6.44. The topological polar surface area (TPSA) is 61.7 Å². The molecule has 2 saturated heterocycles. The minimum Gasteiger partial charge on any atom is -0.349 e. The summed E-state index contributed by atoms with van der Waals surface area (Å²) in [5, 5.41) is 4.46. The van der Waals surface area contributed by atoms with Crippen LogP contribution in [0, 0.1) is 6.92 Å². The Morgan fingerprint density at radius 1 is 1.11 bits per heavy atom. The maximum absolute atomic E-state index is 12.9. The highest BCUT2D eigenvalue weighted by Crippen LogP contribution is 2.39. The van der Waals surface area contributed by atoms with E-state index in [2.05, 4.69) is 21.0 Å². The monoisotopic (exact) mass is 389 g/mol. The van der Waals surface area contributed by atoms with E-state index in [4.69, 9.17) is 0 Å². The number of hydrogen-bond acceptors (Lipinski definition) is 4. The van der Waals surface area contributed by atoms with Crippen LogP contribution >= 0.6 is 0 Å². The van der Waals surface area contributed by atoms with Crippen molar-refractivity contribution in [1.29, 1.82) is 0 Å². The molecule has 2 aliphatic heterocycles. The second-order valence-electron chi connectivity index (χ2n) is 8.69. The lowest BCUT2D eigenvalue weighted by atomic mass is 9.87. The first kappa shape index (κ1) is 20.8. The fourth-order valence-electron chi connectivity index (χ4n) is 4.85. The van der Waals surface area contributed by atoms with Crippen LogP contribution in [0.25, 0.3) is 0 Å². The Morgan fingerprint density at radius 2 is 1.82 bits per heavy atom. The van der Waals surface area contributed by atoms with Gasteiger partial charge in [0, 0.05) is 59.2 Å². The molecule has 0 N–H and O–H groups in total. The van der Waals surface area contributed by atoms with Crippen molar-refractivity contribution < 1.29 is 9.59 Å². The Morgan fingerprint density at radius 3 is 2.46 bits per heavy atom. The quantitative estimate of drug-likeness (QED) is 0.772. The molecule has 0 radical (unpaired) electrons. The van der Waals surface area contributed by atoms with Crippen LogP contribution in [0.2, 0.25) is 0 Å². The van der Waals surface area contributed by atoms with Gasteiger partial charge in [-0.15, -0.1) is 0 Å². The van der Waals surface area contributed by atoms with Gasteiger partial charge in [0.25, 0.3) is 0 Å². The third kappa shape index (κ3) is 4.57. The Hall–Kier alpha value is -1.89. The van der Waals surface area contributed by atoms with Gasteiger partial charge in [0.1, 0.15) is 0 Å². The average Bonchev–Trinajstić information content (AvgIpc) is 3.12. The average molecular weight is 390 g/mol. The summed E-state index contributed by atoms with van der Waals surface area (Å²) in [5.74, 6) is 0.184. The van der Waals surface area contributed by atoms with Gasteiger partial charge in [0.05, 0.1) is 11.4 Å². The molecule has 1 aromatic heterocycles. The lowest BCUT2D eigenvalue weighted by molar-refractivity contribution is -0.139. The molecule has 2 aliphatic rings. The van der Waals surface area contributed by atoms with Gasteiger partial charge in [-0.2, -0.15) is 5.10 Å². The minimum atomic E-state index is -0.00459. The molecule has 1 aromatic rings. The van der Waals surface area contributed by atoms with Crippen molar-refractivity contribution in [2.75, 3.05) is 33.7 Å². The SMILES string of the molecule is Cc1cc(CN2CCC[C@@]3(CCCN3C(=O)CCC(=O)N(C)C)CC2)n(C)n1. The molecule has 0 bridgehead atoms. The summed E-state index contributed by atoms with van der Waals surface area (Å²) in [6, 6.07) is 2.16. The van der Waals surface area contributed by atoms with Crippen LogP contribution in [0.1, 0.15) is 56.3 Å². The highest BCUT2D eigenvalue weighted by atomic mass is 16.2. The van der Waals surface area contributed by atoms with Crippen molar-refractivity contribution in [3.63, 3.8) is 0 Å². The predicted octanol–water partition coefficient (Wildman–Crippen LogP) is 1.94. The number of carbonyl (C=O) groups is 2. The second-order valence-corrected chi connectivity index (χ2v) is 8.69. The first-order valence-corrected chi connectivity index (χ1v) is 10.5. The van der Waals surface area contributed by atoms with E-state index in [1.54, 1.807) is 19.0 Å². The maximum Gasteiger partial charge on any atom is 0.223 e. The molecule has 0 saturated carbocycles. The molecule has 2 amide bonds. The standard InChI is InChI=1S/C21H35N5O2/c1-17-15-18(24(4)22-17)16-25-12-5-9-21(11-14-25)10-6-13-26(21)20(28)8-7-19(27)23(2)3/h15H,5-14,16H2,1-4H3/t21-/m1/s1. The summed E-state index contributed by atoms with van der Waals surface area (Å²) in [7, 11) is 5.50. The van der Waals surface area contributed by atoms with Gasteiger partial charge in [0.15, 0.2) is 0 Å². The number of rotatable bonds is 5. The fraction of sp³-hybridized carbons (Fsp3) is 0.762. The predicted molar refractivity (Wildman–Crippen MR) is 109 cm³/mol. The van der Waals surface area contributed by atoms with Crippen LogP contribution in [-0.2, 0) is 23.2 Å². The van der Waals surface area contributed by atoms with E-state index in [9.17, 15) is 9.59 Å². The van der Waals surface area contributed by atoms with Crippen molar-refractivity contribution in [1.82, 2.24) is 24.5 Å². The van der Waals surface area contributed by atoms with Crippen molar-refractivity contribution in [3.8, 4) is 0 Å². The van der Waals surface area contributed by atoms with Crippen molar-refractivity contribution in [2.24, 2.45) is 7.05 Å². The summed E-state index contributed by atoms with van der Waals surface area (Å²) in [6.07, 6.45) is 6.02. The van der Waals surface area contributed by atoms with E-state index in [0.717, 1.165) is 64.0 Å². The van der Waals surface area contributed by atoms with E-state index in [1.165, 1.54) is 5.69 Å². The number of aryl methyl sites for hydroxylation is 2. The molecule has 0 aromatic carbocycles. The molecule has 28 heavy (non-hydrogen) atoms. The first-order valence-electron chi connectivity index (χ1n) is 10.5. The van der Waals surface area contributed by atoms with Gasteiger partial charge in [-0.3, -0.25) is 19.2 Å². The van der Waals surface area contributed by atoms with E-state index >= 15 is 0 Å². The lowest BCUT2D eigenvalue weighted by Gasteiger charge is -2.38. The molecule has 0 unspecified atom stereocenters. The molecule has 7 heteroatoms. The Labute approximate surface area is 168 Å². The molecule has 156 valence electrons. The van der Waals surface area contributed by atoms with Crippen LogP contribution in [0.4, 0.5) is 0 Å². The maximum atomic E-state index is 12.9. The number of nitrogens with zero attached hydrogens (tertiary/aromatic N) is 5. The zero-order chi connectivity index (χ0) is 20.3. The number of carbonyl (C=O) groups excluding carboxylic acids is 2. The zero-order valence-corrected chi connectivity index (χ0v) is 17.9. The smallest absolute Gasteiger partial charge is 0.223 e. The molecule has 1 atom stereocenters. The highest BCUT2D eigenvalue weighted by Gasteiger charge is 2.43. The van der Waals surface area contributed by atoms with Gasteiger partial charge in [-0.05, 0) is 51.6 Å². The van der Waals surface area contributed by atoms with Gasteiger partial charge in [-0.25, -0.2) is 0 Å². The normalized spacial score (nSPS) is 23.2. The first-order chi connectivity index (χ1) is 13.3. The van der Waals surface area contributed by atoms with Crippen LogP contribution in [-0.4, -0.2) is 75.6 Å². The van der Waals surface area contributed by atoms with Gasteiger partial charge in [-0.1, -0.05) is 0 Å². The summed E-state index contributed by atoms with van der Waals surface area (Å²) in [6.45, 7) is 5.86. The molecule has 3 heterocycles. The molecule has 2 fully saturated rings. The van der Waals surface area contributed by atoms with Crippen LogP contribution < -0.4 is 0 Å². The van der Waals surface area contributed by atoms with Gasteiger partial charge < -0.3 is 9.80 Å². The molecule has 7 nitrogen and oxygen atoms in total. The van der Waals surface area contributed by atoms with E-state index < -0.39 is 0 Å². The Balaban J connectivity index is 1.61. The highest BCUT2D eigenvalue weighted by molar-refractivity contribution is 5.84. The van der Waals surface area contributed by atoms with Crippen molar-refractivity contribution in [3.05, 3.63) is 17.5 Å². The number of likely N-dealkylation sites (tertiary alicyclic amines) is 2. The van der Waals surface area contributed by atoms with Crippen LogP contribution in [0.15, 0.2) is 6.07 Å². The summed E-state index contributed by atoms with van der Waals surface area (Å²) in [5.41, 5.74) is 2.30. The zero-order valence-electron chi connectivity index (χ0n) is 17.9. The van der Waals surface area contributed by atoms with Gasteiger partial charge >= 0.3 is 0 Å². The molecular formula is C21H35N5O2. The number of aromatic nitrogens is 2. The molecule has 0 aliphatic carbocycles. The minimum absolute atomic E-state index is 0.00459. The molecule has 1 spiro atoms. The summed E-state index contributed by atoms with van der Waals surface area (Å²) < 4.78 is 1.98. The van der Waals surface area contributed by atoms with E-state index in [1.807, 2.05) is 18.7 Å². The summed E-state index contributed by atoms with van der Waals surface area (Å²) >= 11 is 0. The number of amides is 2.